The number of benzene rings is 1. The number of halogens is 2. The van der Waals surface area contributed by atoms with E-state index in [1.807, 2.05) is 0 Å². The molecule has 0 radical (unpaired) electrons. The minimum absolute atomic E-state index is 0. The second-order valence-electron chi connectivity index (χ2n) is 3.79. The number of carbonyl (C=O) groups excluding carboxylic acids is 1. The molecule has 6 heteroatoms. The predicted molar refractivity (Wildman–Crippen MR) is 53.9 cm³/mol. The summed E-state index contributed by atoms with van der Waals surface area (Å²) in [4.78, 5) is 12.7. The number of nitrogens with zero attached hydrogens (tertiary/aromatic N) is 1. The van der Waals surface area contributed by atoms with Crippen LogP contribution in [0.5, 0.6) is 0 Å². The van der Waals surface area contributed by atoms with E-state index in [-0.39, 0.29) is 75.5 Å². The Morgan fingerprint density at radius 1 is 1.35 bits per heavy atom. The quantitative estimate of drug-likeness (QED) is 0.675. The summed E-state index contributed by atoms with van der Waals surface area (Å²) in [5.74, 6) is -1.46. The Kier molecular flexibility index (Phi) is 5.13. The molecule has 0 bridgehead atoms. The number of ether oxygens (including phenoxy) is 1. The average Bonchev–Trinajstić information content (AvgIpc) is 2.15. The number of cyclic esters (lactones) is 1. The van der Waals surface area contributed by atoms with Crippen LogP contribution in [0.4, 0.5) is 19.3 Å². The van der Waals surface area contributed by atoms with E-state index >= 15 is 0 Å². The SMILES string of the molecule is CC(C)N1C(=O)O[CH-]c2c(F)cc(F)cc21.[Rb+]. The molecule has 0 atom stereocenters. The number of carbonyl (C=O) groups is 1. The van der Waals surface area contributed by atoms with Crippen LogP contribution in [0.3, 0.4) is 0 Å². The Bertz CT molecular complexity index is 451. The van der Waals surface area contributed by atoms with Gasteiger partial charge in [0, 0.05) is 11.9 Å². The Morgan fingerprint density at radius 3 is 2.59 bits per heavy atom. The maximum Gasteiger partial charge on any atom is 1.00 e. The molecule has 1 amide bonds. The van der Waals surface area contributed by atoms with Gasteiger partial charge in [-0.15, -0.1) is 0 Å². The topological polar surface area (TPSA) is 29.5 Å². The van der Waals surface area contributed by atoms with Gasteiger partial charge in [-0.05, 0) is 32.2 Å². The molecule has 2 rings (SSSR count). The summed E-state index contributed by atoms with van der Waals surface area (Å²) in [5.41, 5.74) is 0.290. The van der Waals surface area contributed by atoms with Crippen LogP contribution in [0.1, 0.15) is 19.4 Å². The van der Waals surface area contributed by atoms with E-state index in [1.165, 1.54) is 4.90 Å². The minimum Gasteiger partial charge on any atom is -0.482 e. The third-order valence-corrected chi connectivity index (χ3v) is 2.32. The molecule has 1 aliphatic rings. The zero-order valence-corrected chi connectivity index (χ0v) is 14.7. The number of hydrogen-bond acceptors (Lipinski definition) is 2. The van der Waals surface area contributed by atoms with Crippen molar-refractivity contribution in [3.05, 3.63) is 35.9 Å². The smallest absolute Gasteiger partial charge is 0.482 e. The van der Waals surface area contributed by atoms with Crippen LogP contribution in [-0.4, -0.2) is 12.1 Å². The summed E-state index contributed by atoms with van der Waals surface area (Å²) in [6, 6.07) is 1.64. The van der Waals surface area contributed by atoms with Crippen LogP contribution in [0.2, 0.25) is 0 Å². The van der Waals surface area contributed by atoms with Crippen LogP contribution in [0, 0.1) is 18.2 Å². The number of fused-ring (bicyclic) bond motifs is 1. The largest absolute Gasteiger partial charge is 1.00 e. The van der Waals surface area contributed by atoms with E-state index in [2.05, 4.69) is 0 Å². The minimum atomic E-state index is -0.742. The Hall–Kier alpha value is 0.0252. The summed E-state index contributed by atoms with van der Waals surface area (Å²) in [5, 5.41) is 0. The van der Waals surface area contributed by atoms with Gasteiger partial charge in [0.2, 0.25) is 0 Å². The standard InChI is InChI=1S/C11H10F2NO2.Rb/c1-6(2)14-10-4-7(12)3-9(13)8(10)5-16-11(14)15;/h3-6H,1-2H3;/q-1;+1. The van der Waals surface area contributed by atoms with Crippen molar-refractivity contribution in [2.24, 2.45) is 0 Å². The maximum absolute atomic E-state index is 13.4. The van der Waals surface area contributed by atoms with Crippen molar-refractivity contribution in [2.75, 3.05) is 4.90 Å². The molecule has 86 valence electrons. The molecule has 1 aromatic rings. The van der Waals surface area contributed by atoms with Gasteiger partial charge in [0.05, 0.1) is 0 Å². The van der Waals surface area contributed by atoms with Crippen molar-refractivity contribution in [3.63, 3.8) is 0 Å². The zero-order valence-electron chi connectivity index (χ0n) is 9.83. The summed E-state index contributed by atoms with van der Waals surface area (Å²) in [6.07, 6.45) is -0.632. The third kappa shape index (κ3) is 2.89. The molecule has 0 spiro atoms. The van der Waals surface area contributed by atoms with Gasteiger partial charge >= 0.3 is 64.3 Å². The molecule has 3 nitrogen and oxygen atoms in total. The molecular weight excluding hydrogens is 302 g/mol. The van der Waals surface area contributed by atoms with Crippen LogP contribution in [0.15, 0.2) is 12.1 Å². The number of rotatable bonds is 1. The third-order valence-electron chi connectivity index (χ3n) is 2.32. The Balaban J connectivity index is 0.00000144. The number of hydrogen-bond donors (Lipinski definition) is 0. The van der Waals surface area contributed by atoms with E-state index in [0.29, 0.717) is 0 Å². The first-order valence-electron chi connectivity index (χ1n) is 4.83. The van der Waals surface area contributed by atoms with Crippen molar-refractivity contribution in [1.29, 1.82) is 0 Å². The van der Waals surface area contributed by atoms with Gasteiger partial charge in [-0.2, -0.15) is 0 Å². The summed E-state index contributed by atoms with van der Waals surface area (Å²) >= 11 is 0. The van der Waals surface area contributed by atoms with Crippen molar-refractivity contribution >= 4 is 11.8 Å². The van der Waals surface area contributed by atoms with Crippen molar-refractivity contribution in [2.45, 2.75) is 19.9 Å². The summed E-state index contributed by atoms with van der Waals surface area (Å²) in [6.45, 7) is 4.48. The fourth-order valence-electron chi connectivity index (χ4n) is 1.64. The first kappa shape index (κ1) is 15.1. The molecule has 1 heterocycles. The van der Waals surface area contributed by atoms with Crippen molar-refractivity contribution in [1.82, 2.24) is 0 Å². The molecule has 0 fully saturated rings. The maximum atomic E-state index is 13.4. The van der Waals surface area contributed by atoms with Gasteiger partial charge in [0.25, 0.3) is 0 Å². The van der Waals surface area contributed by atoms with Gasteiger partial charge in [-0.1, -0.05) is 11.6 Å². The summed E-state index contributed by atoms with van der Waals surface area (Å²) < 4.78 is 31.2. The van der Waals surface area contributed by atoms with Crippen LogP contribution in [-0.2, 0) is 4.74 Å². The van der Waals surface area contributed by atoms with Gasteiger partial charge in [0.15, 0.2) is 0 Å². The van der Waals surface area contributed by atoms with Gasteiger partial charge < -0.3 is 9.64 Å². The van der Waals surface area contributed by atoms with E-state index in [1.54, 1.807) is 13.8 Å². The first-order chi connectivity index (χ1) is 7.50. The predicted octanol–water partition coefficient (Wildman–Crippen LogP) is -0.156. The summed E-state index contributed by atoms with van der Waals surface area (Å²) in [7, 11) is 0. The number of amides is 1. The van der Waals surface area contributed by atoms with E-state index < -0.39 is 17.7 Å². The van der Waals surface area contributed by atoms with Crippen LogP contribution in [0.25, 0.3) is 0 Å². The van der Waals surface area contributed by atoms with Gasteiger partial charge in [-0.3, -0.25) is 4.39 Å². The van der Waals surface area contributed by atoms with E-state index in [4.69, 9.17) is 4.74 Å². The molecule has 0 N–H and O–H groups in total. The van der Waals surface area contributed by atoms with Crippen LogP contribution >= 0.6 is 0 Å². The normalized spacial score (nSPS) is 13.7. The van der Waals surface area contributed by atoms with Gasteiger partial charge in [0.1, 0.15) is 5.82 Å². The molecule has 1 aromatic carbocycles. The zero-order chi connectivity index (χ0) is 11.9. The molecule has 0 saturated carbocycles. The Labute approximate surface area is 147 Å². The molecule has 0 saturated heterocycles. The van der Waals surface area contributed by atoms with Crippen molar-refractivity contribution < 1.29 is 76.5 Å². The fraction of sp³-hybridized carbons (Fsp3) is 0.273. The number of anilines is 1. The molecule has 1 aliphatic heterocycles. The molecule has 0 aliphatic carbocycles. The van der Waals surface area contributed by atoms with E-state index in [0.717, 1.165) is 18.7 Å². The second kappa shape index (κ2) is 5.78. The van der Waals surface area contributed by atoms with E-state index in [9.17, 15) is 13.6 Å². The second-order valence-corrected chi connectivity index (χ2v) is 3.79. The average molecular weight is 312 g/mol. The molecule has 0 unspecified atom stereocenters. The van der Waals surface area contributed by atoms with Gasteiger partial charge in [-0.25, -0.2) is 9.18 Å². The van der Waals surface area contributed by atoms with Crippen molar-refractivity contribution in [3.8, 4) is 0 Å². The molecule has 17 heavy (non-hydrogen) atoms. The van der Waals surface area contributed by atoms with Crippen LogP contribution < -0.4 is 63.1 Å². The fourth-order valence-corrected chi connectivity index (χ4v) is 1.64. The molecular formula is C11H10F2NO2Rb. The monoisotopic (exact) mass is 311 g/mol. The first-order valence-corrected chi connectivity index (χ1v) is 4.83. The molecule has 0 aromatic heterocycles. The Morgan fingerprint density at radius 2 is 2.00 bits per heavy atom.